The Kier molecular flexibility index (Phi) is 15.0. The Bertz CT molecular complexity index is 787. The fourth-order valence-corrected chi connectivity index (χ4v) is 3.19. The van der Waals surface area contributed by atoms with Gasteiger partial charge in [-0.2, -0.15) is 0 Å². The molecule has 2 heterocycles. The van der Waals surface area contributed by atoms with Crippen molar-refractivity contribution in [1.82, 2.24) is 10.3 Å². The van der Waals surface area contributed by atoms with Crippen molar-refractivity contribution in [3.8, 4) is 11.5 Å². The molecule has 36 heavy (non-hydrogen) atoms. The van der Waals surface area contributed by atoms with Crippen LogP contribution in [0, 0.1) is 11.8 Å². The average molecular weight is 513 g/mol. The van der Waals surface area contributed by atoms with E-state index in [2.05, 4.69) is 38.0 Å². The van der Waals surface area contributed by atoms with Crippen molar-refractivity contribution >= 4 is 11.9 Å². The Balaban J connectivity index is 0.000000809. The van der Waals surface area contributed by atoms with Gasteiger partial charge in [0, 0.05) is 39.0 Å². The second-order valence-electron chi connectivity index (χ2n) is 9.61. The molecular weight excluding hydrogens is 468 g/mol. The number of ether oxygens (including phenoxy) is 5. The van der Waals surface area contributed by atoms with Crippen LogP contribution in [0.15, 0.2) is 12.3 Å². The molecule has 3 atom stereocenters. The summed E-state index contributed by atoms with van der Waals surface area (Å²) in [5.74, 6) is -0.339. The van der Waals surface area contributed by atoms with Crippen LogP contribution in [0.2, 0.25) is 0 Å². The van der Waals surface area contributed by atoms with Crippen molar-refractivity contribution in [2.45, 2.75) is 72.1 Å². The molecule has 1 aliphatic heterocycles. The van der Waals surface area contributed by atoms with Gasteiger partial charge in [0.15, 0.2) is 23.2 Å². The molecule has 0 spiro atoms. The number of amides is 1. The third-order valence-corrected chi connectivity index (χ3v) is 5.36. The zero-order valence-electron chi connectivity index (χ0n) is 22.7. The summed E-state index contributed by atoms with van der Waals surface area (Å²) >= 11 is 0. The average Bonchev–Trinajstić information content (AvgIpc) is 2.87. The second kappa shape index (κ2) is 17.1. The van der Waals surface area contributed by atoms with E-state index in [1.165, 1.54) is 25.8 Å². The SMILES string of the molecule is COCCC(C)C.COc1ccnc(C(=O)N[C@H]2COCC(OCCC(C)C)CC(C)OC2=O)c1O. The minimum atomic E-state index is -1.04. The molecule has 2 unspecified atom stereocenters. The van der Waals surface area contributed by atoms with E-state index in [-0.39, 0.29) is 30.8 Å². The van der Waals surface area contributed by atoms with Crippen molar-refractivity contribution in [1.29, 1.82) is 0 Å². The van der Waals surface area contributed by atoms with E-state index in [1.54, 1.807) is 14.0 Å². The van der Waals surface area contributed by atoms with Crippen LogP contribution in [0.4, 0.5) is 0 Å². The van der Waals surface area contributed by atoms with Gasteiger partial charge in [0.2, 0.25) is 0 Å². The first-order chi connectivity index (χ1) is 17.1. The minimum absolute atomic E-state index is 0.0773. The van der Waals surface area contributed by atoms with Crippen LogP contribution in [-0.2, 0) is 23.7 Å². The summed E-state index contributed by atoms with van der Waals surface area (Å²) in [5, 5.41) is 12.6. The van der Waals surface area contributed by atoms with Crippen molar-refractivity contribution in [3.05, 3.63) is 18.0 Å². The maximum absolute atomic E-state index is 12.5. The lowest BCUT2D eigenvalue weighted by Crippen LogP contribution is -2.45. The molecule has 10 nitrogen and oxygen atoms in total. The van der Waals surface area contributed by atoms with E-state index in [0.717, 1.165) is 18.9 Å². The van der Waals surface area contributed by atoms with Crippen molar-refractivity contribution in [2.24, 2.45) is 11.8 Å². The smallest absolute Gasteiger partial charge is 0.331 e. The highest BCUT2D eigenvalue weighted by molar-refractivity contribution is 5.98. The molecule has 0 saturated carbocycles. The van der Waals surface area contributed by atoms with Crippen molar-refractivity contribution in [3.63, 3.8) is 0 Å². The van der Waals surface area contributed by atoms with Crippen molar-refractivity contribution in [2.75, 3.05) is 40.6 Å². The van der Waals surface area contributed by atoms with Crippen LogP contribution in [0.5, 0.6) is 11.5 Å². The molecule has 1 fully saturated rings. The van der Waals surface area contributed by atoms with Crippen LogP contribution < -0.4 is 10.1 Å². The fourth-order valence-electron chi connectivity index (χ4n) is 3.19. The molecule has 1 amide bonds. The molecule has 10 heteroatoms. The number of nitrogens with one attached hydrogen (secondary N) is 1. The Morgan fingerprint density at radius 2 is 1.83 bits per heavy atom. The summed E-state index contributed by atoms with van der Waals surface area (Å²) in [7, 11) is 3.10. The van der Waals surface area contributed by atoms with Gasteiger partial charge in [-0.25, -0.2) is 9.78 Å². The molecule has 1 aliphatic rings. The molecule has 2 rings (SSSR count). The number of esters is 1. The summed E-state index contributed by atoms with van der Waals surface area (Å²) in [6, 6.07) is 0.386. The number of carbonyl (C=O) groups excluding carboxylic acids is 2. The summed E-state index contributed by atoms with van der Waals surface area (Å²) in [6.45, 7) is 12.1. The van der Waals surface area contributed by atoms with Crippen LogP contribution in [0.1, 0.15) is 64.4 Å². The van der Waals surface area contributed by atoms with Gasteiger partial charge in [0.05, 0.1) is 26.4 Å². The molecule has 0 bridgehead atoms. The normalized spacial score (nSPS) is 20.5. The van der Waals surface area contributed by atoms with E-state index in [0.29, 0.717) is 18.9 Å². The standard InChI is InChI=1S/C20H30N2O7.C6H14O/c1-12(2)6-8-28-14-9-13(3)29-20(25)15(11-27-10-14)22-19(24)17-18(23)16(26-4)5-7-21-17;1-6(2)4-5-7-3/h5,7,12-15,23H,6,8-11H2,1-4H3,(H,22,24);6H,4-5H2,1-3H3/t13?,14?,15-;/m0./s1. The van der Waals surface area contributed by atoms with E-state index in [9.17, 15) is 14.7 Å². The van der Waals surface area contributed by atoms with Gasteiger partial charge in [-0.1, -0.05) is 27.7 Å². The van der Waals surface area contributed by atoms with E-state index in [1.807, 2.05) is 0 Å². The lowest BCUT2D eigenvalue weighted by molar-refractivity contribution is -0.151. The first-order valence-corrected chi connectivity index (χ1v) is 12.5. The van der Waals surface area contributed by atoms with Gasteiger partial charge < -0.3 is 34.1 Å². The number of cyclic esters (lactones) is 1. The molecule has 206 valence electrons. The van der Waals surface area contributed by atoms with Gasteiger partial charge in [-0.05, 0) is 31.6 Å². The number of aromatic hydroxyl groups is 1. The Labute approximate surface area is 215 Å². The summed E-state index contributed by atoms with van der Waals surface area (Å²) < 4.78 is 26.7. The Morgan fingerprint density at radius 1 is 1.17 bits per heavy atom. The highest BCUT2D eigenvalue weighted by atomic mass is 16.6. The predicted molar refractivity (Wildman–Crippen MR) is 135 cm³/mol. The van der Waals surface area contributed by atoms with Gasteiger partial charge >= 0.3 is 5.97 Å². The molecule has 1 saturated heterocycles. The van der Waals surface area contributed by atoms with Crippen LogP contribution in [0.3, 0.4) is 0 Å². The number of hydrogen-bond donors (Lipinski definition) is 2. The van der Waals surface area contributed by atoms with Crippen LogP contribution in [0.25, 0.3) is 0 Å². The number of pyridine rings is 1. The summed E-state index contributed by atoms with van der Waals surface area (Å²) in [5.41, 5.74) is -0.250. The highest BCUT2D eigenvalue weighted by Crippen LogP contribution is 2.27. The van der Waals surface area contributed by atoms with Crippen LogP contribution in [-0.4, -0.2) is 80.9 Å². The first kappa shape index (κ1) is 31.6. The summed E-state index contributed by atoms with van der Waals surface area (Å²) in [6.07, 6.45) is 3.35. The molecular formula is C26H44N2O8. The molecule has 1 aromatic rings. The molecule has 0 radical (unpaired) electrons. The summed E-state index contributed by atoms with van der Waals surface area (Å²) in [4.78, 5) is 28.8. The lowest BCUT2D eigenvalue weighted by atomic mass is 10.1. The largest absolute Gasteiger partial charge is 0.503 e. The molecule has 0 aliphatic carbocycles. The zero-order chi connectivity index (χ0) is 27.1. The number of methoxy groups -OCH3 is 2. The second-order valence-corrected chi connectivity index (χ2v) is 9.61. The van der Waals surface area contributed by atoms with E-state index < -0.39 is 29.8 Å². The number of nitrogens with zero attached hydrogens (tertiary/aromatic N) is 1. The highest BCUT2D eigenvalue weighted by Gasteiger charge is 2.30. The Morgan fingerprint density at radius 3 is 2.42 bits per heavy atom. The Hall–Kier alpha value is -2.43. The van der Waals surface area contributed by atoms with E-state index in [4.69, 9.17) is 23.7 Å². The van der Waals surface area contributed by atoms with Crippen molar-refractivity contribution < 1.29 is 38.4 Å². The third-order valence-electron chi connectivity index (χ3n) is 5.36. The maximum atomic E-state index is 12.5. The number of rotatable bonds is 10. The fraction of sp³-hybridized carbons (Fsp3) is 0.731. The maximum Gasteiger partial charge on any atom is 0.331 e. The van der Waals surface area contributed by atoms with Crippen LogP contribution >= 0.6 is 0 Å². The molecule has 1 aromatic heterocycles. The van der Waals surface area contributed by atoms with Gasteiger partial charge in [0.1, 0.15) is 6.10 Å². The molecule has 2 N–H and O–H groups in total. The first-order valence-electron chi connectivity index (χ1n) is 12.5. The quantitative estimate of drug-likeness (QED) is 0.454. The van der Waals surface area contributed by atoms with Gasteiger partial charge in [0.25, 0.3) is 5.91 Å². The predicted octanol–water partition coefficient (Wildman–Crippen LogP) is 3.36. The number of carbonyl (C=O) groups is 2. The monoisotopic (exact) mass is 512 g/mol. The van der Waals surface area contributed by atoms with Gasteiger partial charge in [-0.3, -0.25) is 4.79 Å². The lowest BCUT2D eigenvalue weighted by Gasteiger charge is -2.20. The van der Waals surface area contributed by atoms with E-state index >= 15 is 0 Å². The number of hydrogen-bond acceptors (Lipinski definition) is 9. The van der Waals surface area contributed by atoms with Gasteiger partial charge in [-0.15, -0.1) is 0 Å². The topological polar surface area (TPSA) is 125 Å². The zero-order valence-corrected chi connectivity index (χ0v) is 22.7. The molecule has 0 aromatic carbocycles. The minimum Gasteiger partial charge on any atom is -0.503 e. The number of aromatic nitrogens is 1. The third kappa shape index (κ3) is 12.0.